The van der Waals surface area contributed by atoms with Crippen molar-refractivity contribution >= 4 is 0 Å². The molecule has 0 aliphatic heterocycles. The van der Waals surface area contributed by atoms with E-state index in [1.54, 1.807) is 7.11 Å². The molecule has 19 heavy (non-hydrogen) atoms. The molecule has 0 saturated heterocycles. The predicted octanol–water partition coefficient (Wildman–Crippen LogP) is 3.59. The van der Waals surface area contributed by atoms with Crippen molar-refractivity contribution in [1.82, 2.24) is 5.32 Å². The highest BCUT2D eigenvalue weighted by atomic mass is 16.5. The number of rotatable bonds is 6. The fraction of sp³-hybridized carbons (Fsp3) is 0.375. The van der Waals surface area contributed by atoms with E-state index >= 15 is 0 Å². The summed E-state index contributed by atoms with van der Waals surface area (Å²) >= 11 is 0. The molecule has 3 nitrogen and oxygen atoms in total. The fourth-order valence-corrected chi connectivity index (χ4v) is 2.05. The second-order valence-electron chi connectivity index (χ2n) is 4.80. The van der Waals surface area contributed by atoms with Gasteiger partial charge in [0.05, 0.1) is 12.6 Å². The molecular weight excluding hydrogens is 238 g/mol. The van der Waals surface area contributed by atoms with E-state index in [2.05, 4.69) is 36.5 Å². The van der Waals surface area contributed by atoms with Crippen molar-refractivity contribution in [2.45, 2.75) is 33.0 Å². The van der Waals surface area contributed by atoms with Crippen LogP contribution in [-0.4, -0.2) is 7.11 Å². The largest absolute Gasteiger partial charge is 0.465 e. The predicted molar refractivity (Wildman–Crippen MR) is 75.9 cm³/mol. The topological polar surface area (TPSA) is 34.4 Å². The van der Waals surface area contributed by atoms with Gasteiger partial charge in [-0.3, -0.25) is 0 Å². The second-order valence-corrected chi connectivity index (χ2v) is 4.80. The Balaban J connectivity index is 1.93. The summed E-state index contributed by atoms with van der Waals surface area (Å²) < 4.78 is 10.8. The van der Waals surface area contributed by atoms with Gasteiger partial charge in [0, 0.05) is 13.7 Å². The zero-order chi connectivity index (χ0) is 13.7. The van der Waals surface area contributed by atoms with Crippen LogP contribution in [0.25, 0.3) is 0 Å². The van der Waals surface area contributed by atoms with Crippen molar-refractivity contribution in [2.75, 3.05) is 7.11 Å². The van der Waals surface area contributed by atoms with Crippen LogP contribution in [0.15, 0.2) is 40.8 Å². The van der Waals surface area contributed by atoms with Gasteiger partial charge in [-0.05, 0) is 37.1 Å². The minimum absolute atomic E-state index is 0.208. The molecule has 102 valence electrons. The Morgan fingerprint density at radius 1 is 1.21 bits per heavy atom. The Labute approximate surface area is 114 Å². The van der Waals surface area contributed by atoms with Crippen LogP contribution >= 0.6 is 0 Å². The van der Waals surface area contributed by atoms with Gasteiger partial charge in [-0.25, -0.2) is 0 Å². The Kier molecular flexibility index (Phi) is 4.77. The first kappa shape index (κ1) is 13.8. The third-order valence-electron chi connectivity index (χ3n) is 3.10. The van der Waals surface area contributed by atoms with E-state index in [1.165, 1.54) is 11.1 Å². The molecule has 1 aromatic carbocycles. The summed E-state index contributed by atoms with van der Waals surface area (Å²) in [7, 11) is 1.71. The first-order chi connectivity index (χ1) is 9.19. The number of furan rings is 1. The highest BCUT2D eigenvalue weighted by Gasteiger charge is 2.08. The number of hydrogen-bond acceptors (Lipinski definition) is 3. The summed E-state index contributed by atoms with van der Waals surface area (Å²) in [6.07, 6.45) is 0. The molecule has 2 rings (SSSR count). The first-order valence-corrected chi connectivity index (χ1v) is 6.55. The molecule has 0 amide bonds. The van der Waals surface area contributed by atoms with Crippen LogP contribution in [0, 0.1) is 6.92 Å². The highest BCUT2D eigenvalue weighted by Crippen LogP contribution is 2.16. The van der Waals surface area contributed by atoms with E-state index in [4.69, 9.17) is 9.15 Å². The van der Waals surface area contributed by atoms with Crippen molar-refractivity contribution in [1.29, 1.82) is 0 Å². The van der Waals surface area contributed by atoms with Gasteiger partial charge in [-0.15, -0.1) is 0 Å². The van der Waals surface area contributed by atoms with E-state index in [-0.39, 0.29) is 6.04 Å². The Morgan fingerprint density at radius 3 is 2.68 bits per heavy atom. The molecule has 0 aliphatic rings. The highest BCUT2D eigenvalue weighted by molar-refractivity contribution is 5.23. The third-order valence-corrected chi connectivity index (χ3v) is 3.10. The zero-order valence-electron chi connectivity index (χ0n) is 11.8. The second kappa shape index (κ2) is 6.55. The SMILES string of the molecule is COCc1cccc(CNC(C)c2ccc(C)o2)c1. The molecule has 1 heterocycles. The van der Waals surface area contributed by atoms with Crippen LogP contribution in [-0.2, 0) is 17.9 Å². The summed E-state index contributed by atoms with van der Waals surface area (Å²) in [6, 6.07) is 12.6. The first-order valence-electron chi connectivity index (χ1n) is 6.55. The van der Waals surface area contributed by atoms with Crippen LogP contribution in [0.2, 0.25) is 0 Å². The maximum atomic E-state index is 5.61. The molecule has 0 saturated carbocycles. The monoisotopic (exact) mass is 259 g/mol. The van der Waals surface area contributed by atoms with Crippen molar-refractivity contribution in [2.24, 2.45) is 0 Å². The maximum Gasteiger partial charge on any atom is 0.120 e. The molecule has 0 fully saturated rings. The Hall–Kier alpha value is -1.58. The van der Waals surface area contributed by atoms with Gasteiger partial charge in [-0.2, -0.15) is 0 Å². The van der Waals surface area contributed by atoms with E-state index in [9.17, 15) is 0 Å². The van der Waals surface area contributed by atoms with E-state index in [1.807, 2.05) is 19.1 Å². The zero-order valence-corrected chi connectivity index (χ0v) is 11.8. The van der Waals surface area contributed by atoms with Gasteiger partial charge in [0.25, 0.3) is 0 Å². The van der Waals surface area contributed by atoms with Crippen LogP contribution in [0.4, 0.5) is 0 Å². The number of ether oxygens (including phenoxy) is 1. The van der Waals surface area contributed by atoms with Crippen molar-refractivity contribution in [3.8, 4) is 0 Å². The summed E-state index contributed by atoms with van der Waals surface area (Å²) in [5, 5.41) is 3.46. The van der Waals surface area contributed by atoms with E-state index < -0.39 is 0 Å². The lowest BCUT2D eigenvalue weighted by Crippen LogP contribution is -2.17. The molecule has 1 N–H and O–H groups in total. The maximum absolute atomic E-state index is 5.61. The number of benzene rings is 1. The quantitative estimate of drug-likeness (QED) is 0.861. The van der Waals surface area contributed by atoms with E-state index in [0.717, 1.165) is 18.1 Å². The van der Waals surface area contributed by atoms with Crippen LogP contribution in [0.5, 0.6) is 0 Å². The molecule has 0 bridgehead atoms. The summed E-state index contributed by atoms with van der Waals surface area (Å²) in [4.78, 5) is 0. The minimum Gasteiger partial charge on any atom is -0.465 e. The molecule has 1 unspecified atom stereocenters. The molecule has 1 atom stereocenters. The Morgan fingerprint density at radius 2 is 2.00 bits per heavy atom. The van der Waals surface area contributed by atoms with Crippen molar-refractivity contribution in [3.05, 3.63) is 59.0 Å². The van der Waals surface area contributed by atoms with Crippen LogP contribution in [0.3, 0.4) is 0 Å². The van der Waals surface area contributed by atoms with Gasteiger partial charge >= 0.3 is 0 Å². The number of hydrogen-bond donors (Lipinski definition) is 1. The number of nitrogens with one attached hydrogen (secondary N) is 1. The molecule has 3 heteroatoms. The summed E-state index contributed by atoms with van der Waals surface area (Å²) in [5.74, 6) is 1.93. The van der Waals surface area contributed by atoms with Crippen molar-refractivity contribution < 1.29 is 9.15 Å². The van der Waals surface area contributed by atoms with E-state index in [0.29, 0.717) is 6.61 Å². The fourth-order valence-electron chi connectivity index (χ4n) is 2.05. The molecule has 0 spiro atoms. The lowest BCUT2D eigenvalue weighted by Gasteiger charge is -2.12. The molecule has 1 aromatic heterocycles. The van der Waals surface area contributed by atoms with Gasteiger partial charge in [-0.1, -0.05) is 24.3 Å². The molecule has 2 aromatic rings. The smallest absolute Gasteiger partial charge is 0.120 e. The van der Waals surface area contributed by atoms with Crippen LogP contribution < -0.4 is 5.32 Å². The van der Waals surface area contributed by atoms with Gasteiger partial charge < -0.3 is 14.5 Å². The number of methoxy groups -OCH3 is 1. The summed E-state index contributed by atoms with van der Waals surface area (Å²) in [5.41, 5.74) is 2.45. The minimum atomic E-state index is 0.208. The normalized spacial score (nSPS) is 12.6. The van der Waals surface area contributed by atoms with Gasteiger partial charge in [0.15, 0.2) is 0 Å². The summed E-state index contributed by atoms with van der Waals surface area (Å²) in [6.45, 7) is 5.54. The van der Waals surface area contributed by atoms with Crippen molar-refractivity contribution in [3.63, 3.8) is 0 Å². The van der Waals surface area contributed by atoms with Gasteiger partial charge in [0.1, 0.15) is 11.5 Å². The lowest BCUT2D eigenvalue weighted by atomic mass is 10.1. The average molecular weight is 259 g/mol. The number of aryl methyl sites for hydroxylation is 1. The molecule has 0 radical (unpaired) electrons. The Bertz CT molecular complexity index is 519. The standard InChI is InChI=1S/C16H21NO2/c1-12-7-8-16(19-12)13(2)17-10-14-5-4-6-15(9-14)11-18-3/h4-9,13,17H,10-11H2,1-3H3. The van der Waals surface area contributed by atoms with Crippen LogP contribution in [0.1, 0.15) is 35.6 Å². The molecule has 0 aliphatic carbocycles. The third kappa shape index (κ3) is 3.94. The lowest BCUT2D eigenvalue weighted by molar-refractivity contribution is 0.185. The average Bonchev–Trinajstić information content (AvgIpc) is 2.84. The van der Waals surface area contributed by atoms with Gasteiger partial charge in [0.2, 0.25) is 0 Å². The molecular formula is C16H21NO2.